The third-order valence-electron chi connectivity index (χ3n) is 5.12. The Morgan fingerprint density at radius 3 is 2.56 bits per heavy atom. The minimum Gasteiger partial charge on any atom is -0.478 e. The van der Waals surface area contributed by atoms with Gasteiger partial charge in [-0.05, 0) is 6.92 Å². The molecule has 3 aliphatic heterocycles. The normalized spacial score (nSPS) is 44.6. The lowest BCUT2D eigenvalue weighted by molar-refractivity contribution is -0.346. The average molecular weight is 390 g/mol. The maximum Gasteiger partial charge on any atom is 0.335 e. The number of carbonyl (C=O) groups excluding carboxylic acids is 1. The minimum absolute atomic E-state index is 0.0999. The van der Waals surface area contributed by atoms with Crippen molar-refractivity contribution in [3.8, 4) is 0 Å². The number of ether oxygens (including phenoxy) is 4. The first-order chi connectivity index (χ1) is 12.7. The fourth-order valence-corrected chi connectivity index (χ4v) is 3.67. The van der Waals surface area contributed by atoms with Crippen molar-refractivity contribution < 1.29 is 54.1 Å². The van der Waals surface area contributed by atoms with Crippen molar-refractivity contribution in [2.24, 2.45) is 11.8 Å². The van der Waals surface area contributed by atoms with Crippen molar-refractivity contribution in [2.75, 3.05) is 6.61 Å². The molecule has 9 unspecified atom stereocenters. The second kappa shape index (κ2) is 7.70. The van der Waals surface area contributed by atoms with E-state index < -0.39 is 73.5 Å². The van der Waals surface area contributed by atoms with Gasteiger partial charge in [0, 0.05) is 5.92 Å². The first-order valence-corrected chi connectivity index (χ1v) is 8.48. The molecule has 0 radical (unpaired) electrons. The summed E-state index contributed by atoms with van der Waals surface area (Å²) < 4.78 is 21.4. The predicted molar refractivity (Wildman–Crippen MR) is 82.6 cm³/mol. The summed E-state index contributed by atoms with van der Waals surface area (Å²) in [7, 11) is 0. The van der Waals surface area contributed by atoms with Crippen molar-refractivity contribution in [1.82, 2.24) is 0 Å². The van der Waals surface area contributed by atoms with Gasteiger partial charge in [0.15, 0.2) is 6.29 Å². The van der Waals surface area contributed by atoms with Gasteiger partial charge >= 0.3 is 11.9 Å². The molecule has 0 aliphatic carbocycles. The number of esters is 1. The minimum atomic E-state index is -1.64. The smallest absolute Gasteiger partial charge is 0.335 e. The van der Waals surface area contributed by atoms with Gasteiger partial charge in [-0.1, -0.05) is 0 Å². The van der Waals surface area contributed by atoms with Crippen LogP contribution in [0.4, 0.5) is 0 Å². The number of cyclic esters (lactones) is 1. The van der Waals surface area contributed by atoms with E-state index in [0.717, 1.165) is 6.26 Å². The Labute approximate surface area is 153 Å². The highest BCUT2D eigenvalue weighted by Gasteiger charge is 2.51. The molecule has 0 aromatic rings. The van der Waals surface area contributed by atoms with Crippen LogP contribution in [0.5, 0.6) is 0 Å². The van der Waals surface area contributed by atoms with Crippen molar-refractivity contribution >= 4 is 11.9 Å². The summed E-state index contributed by atoms with van der Waals surface area (Å²) in [5, 5.41) is 48.4. The van der Waals surface area contributed by atoms with Crippen molar-refractivity contribution in [3.63, 3.8) is 0 Å². The van der Waals surface area contributed by atoms with Crippen LogP contribution in [0.15, 0.2) is 11.8 Å². The second-order valence-corrected chi connectivity index (χ2v) is 6.80. The van der Waals surface area contributed by atoms with Crippen LogP contribution in [-0.4, -0.2) is 87.2 Å². The Hall–Kier alpha value is -1.76. The number of hydrogen-bond acceptors (Lipinski definition) is 10. The van der Waals surface area contributed by atoms with E-state index in [9.17, 15) is 35.1 Å². The zero-order valence-electron chi connectivity index (χ0n) is 14.4. The van der Waals surface area contributed by atoms with Gasteiger partial charge < -0.3 is 44.5 Å². The highest BCUT2D eigenvalue weighted by molar-refractivity contribution is 5.88. The van der Waals surface area contributed by atoms with Crippen molar-refractivity contribution in [3.05, 3.63) is 11.8 Å². The van der Waals surface area contributed by atoms with Gasteiger partial charge in [-0.2, -0.15) is 0 Å². The molecule has 0 saturated carbocycles. The first-order valence-electron chi connectivity index (χ1n) is 8.48. The molecule has 5 N–H and O–H groups in total. The van der Waals surface area contributed by atoms with E-state index in [4.69, 9.17) is 18.9 Å². The van der Waals surface area contributed by atoms with Crippen LogP contribution >= 0.6 is 0 Å². The largest absolute Gasteiger partial charge is 0.478 e. The summed E-state index contributed by atoms with van der Waals surface area (Å²) in [5.74, 6) is -3.23. The summed E-state index contributed by atoms with van der Waals surface area (Å²) in [6.07, 6.45) is -8.54. The van der Waals surface area contributed by atoms with Crippen LogP contribution in [0.3, 0.4) is 0 Å². The summed E-state index contributed by atoms with van der Waals surface area (Å²) >= 11 is 0. The van der Waals surface area contributed by atoms with Crippen molar-refractivity contribution in [1.29, 1.82) is 0 Å². The maximum absolute atomic E-state index is 11.7. The number of aliphatic hydroxyl groups is 4. The second-order valence-electron chi connectivity index (χ2n) is 6.80. The van der Waals surface area contributed by atoms with E-state index >= 15 is 0 Å². The Bertz CT molecular complexity index is 617. The summed E-state index contributed by atoms with van der Waals surface area (Å²) in [5.41, 5.74) is -0.0999. The molecule has 11 heteroatoms. The topological polar surface area (TPSA) is 172 Å². The number of aliphatic carboxylic acids is 1. The Morgan fingerprint density at radius 1 is 1.22 bits per heavy atom. The number of carboxylic acids is 1. The molecule has 9 atom stereocenters. The standard InChI is InChI=1S/C16H22O11/c1-5-10-6(2-9(18)25-5)7(14(22)23)4-24-15(10)27-16-13(21)12(20)11(19)8(3-17)26-16/h4-6,8,10-13,15-17,19-21H,2-3H2,1H3,(H,22,23). The molecule has 3 aliphatic rings. The van der Waals surface area contributed by atoms with Crippen molar-refractivity contribution in [2.45, 2.75) is 56.4 Å². The molecule has 0 aromatic heterocycles. The van der Waals surface area contributed by atoms with Gasteiger partial charge in [-0.3, -0.25) is 4.79 Å². The zero-order valence-corrected chi connectivity index (χ0v) is 14.4. The molecule has 0 aromatic carbocycles. The van der Waals surface area contributed by atoms with Crippen LogP contribution < -0.4 is 0 Å². The lowest BCUT2D eigenvalue weighted by Crippen LogP contribution is -2.61. The zero-order chi connectivity index (χ0) is 19.9. The highest BCUT2D eigenvalue weighted by Crippen LogP contribution is 2.41. The summed E-state index contributed by atoms with van der Waals surface area (Å²) in [6, 6.07) is 0. The molecule has 2 fully saturated rings. The number of carboxylic acid groups (broad SMARTS) is 1. The predicted octanol–water partition coefficient (Wildman–Crippen LogP) is -2.30. The average Bonchev–Trinajstić information content (AvgIpc) is 2.61. The Balaban J connectivity index is 1.82. The van der Waals surface area contributed by atoms with Gasteiger partial charge in [0.1, 0.15) is 30.5 Å². The molecular weight excluding hydrogens is 368 g/mol. The summed E-state index contributed by atoms with van der Waals surface area (Å²) in [4.78, 5) is 23.2. The van der Waals surface area contributed by atoms with Crippen LogP contribution in [-0.2, 0) is 28.5 Å². The van der Waals surface area contributed by atoms with E-state index in [2.05, 4.69) is 0 Å². The quantitative estimate of drug-likeness (QED) is 0.327. The number of aliphatic hydroxyl groups excluding tert-OH is 4. The van der Waals surface area contributed by atoms with E-state index in [1.807, 2.05) is 0 Å². The molecule has 3 heterocycles. The SMILES string of the molecule is CC1OC(=O)CC2C(C(=O)O)=COC(OC3OC(CO)C(O)C(O)C3O)C12. The number of hydrogen-bond donors (Lipinski definition) is 5. The maximum atomic E-state index is 11.7. The van der Waals surface area contributed by atoms with E-state index in [-0.39, 0.29) is 12.0 Å². The van der Waals surface area contributed by atoms with Gasteiger partial charge in [0.25, 0.3) is 0 Å². The monoisotopic (exact) mass is 390 g/mol. The lowest BCUT2D eigenvalue weighted by Gasteiger charge is -2.45. The van der Waals surface area contributed by atoms with Gasteiger partial charge in [-0.15, -0.1) is 0 Å². The highest BCUT2D eigenvalue weighted by atomic mass is 16.8. The van der Waals surface area contributed by atoms with E-state index in [0.29, 0.717) is 0 Å². The number of fused-ring (bicyclic) bond motifs is 1. The molecular formula is C16H22O11. The molecule has 152 valence electrons. The third-order valence-corrected chi connectivity index (χ3v) is 5.12. The fourth-order valence-electron chi connectivity index (χ4n) is 3.67. The van der Waals surface area contributed by atoms with Crippen LogP contribution in [0.2, 0.25) is 0 Å². The van der Waals surface area contributed by atoms with Gasteiger partial charge in [0.05, 0.1) is 30.8 Å². The molecule has 2 saturated heterocycles. The Kier molecular flexibility index (Phi) is 5.70. The first kappa shape index (κ1) is 20.0. The van der Waals surface area contributed by atoms with Gasteiger partial charge in [-0.25, -0.2) is 4.79 Å². The molecule has 27 heavy (non-hydrogen) atoms. The van der Waals surface area contributed by atoms with Crippen LogP contribution in [0.25, 0.3) is 0 Å². The van der Waals surface area contributed by atoms with E-state index in [1.165, 1.54) is 0 Å². The van der Waals surface area contributed by atoms with E-state index in [1.54, 1.807) is 6.92 Å². The summed E-state index contributed by atoms with van der Waals surface area (Å²) in [6.45, 7) is 0.936. The Morgan fingerprint density at radius 2 is 1.93 bits per heavy atom. The lowest BCUT2D eigenvalue weighted by atomic mass is 9.77. The third kappa shape index (κ3) is 3.66. The molecule has 0 bridgehead atoms. The number of carbonyl (C=O) groups is 2. The van der Waals surface area contributed by atoms with Crippen LogP contribution in [0, 0.1) is 11.8 Å². The van der Waals surface area contributed by atoms with Gasteiger partial charge in [0.2, 0.25) is 6.29 Å². The molecule has 11 nitrogen and oxygen atoms in total. The molecule has 3 rings (SSSR count). The molecule has 0 spiro atoms. The number of rotatable bonds is 4. The van der Waals surface area contributed by atoms with Crippen LogP contribution in [0.1, 0.15) is 13.3 Å². The fraction of sp³-hybridized carbons (Fsp3) is 0.750. The molecule has 0 amide bonds.